The maximum Gasteiger partial charge on any atom is 0.329 e. The molecule has 642 valence electrons. The molecule has 1 aliphatic rings. The second kappa shape index (κ2) is 49.2. The molecule has 1 aromatic heterocycles. The number of amides is 14. The molecule has 14 amide bonds. The number of carbonyl (C=O) groups is 20. The quantitative estimate of drug-likeness (QED) is 0.0111. The highest BCUT2D eigenvalue weighted by Gasteiger charge is 2.41. The Morgan fingerprint density at radius 3 is 1.73 bits per heavy atom. The number of unbranched alkanes of at least 4 members (excludes halogenated alkanes) is 7. The monoisotopic (exact) mass is 1650 g/mol. The molecule has 1 aliphatic heterocycles. The van der Waals surface area contributed by atoms with Crippen molar-refractivity contribution in [2.75, 3.05) is 32.0 Å². The molecule has 43 nitrogen and oxygen atoms in total. The van der Waals surface area contributed by atoms with Crippen LogP contribution in [-0.4, -0.2) is 248 Å². The highest BCUT2D eigenvalue weighted by molar-refractivity contribution is 6.05. The number of aromatic amines is 1. The van der Waals surface area contributed by atoms with Gasteiger partial charge in [-0.3, -0.25) is 91.1 Å². The molecular formula is C74H105N17O26. The van der Waals surface area contributed by atoms with E-state index in [4.69, 9.17) is 21.9 Å². The van der Waals surface area contributed by atoms with Gasteiger partial charge in [0.05, 0.1) is 45.4 Å². The first kappa shape index (κ1) is 96.7. The Hall–Kier alpha value is -12.7. The third-order valence-corrected chi connectivity index (χ3v) is 18.4. The number of ketones is 1. The first-order valence-corrected chi connectivity index (χ1v) is 37.8. The van der Waals surface area contributed by atoms with Crippen LogP contribution in [-0.2, 0) is 102 Å². The van der Waals surface area contributed by atoms with E-state index in [0.717, 1.165) is 52.9 Å². The van der Waals surface area contributed by atoms with Crippen LogP contribution in [0.25, 0.3) is 10.9 Å². The lowest BCUT2D eigenvalue weighted by atomic mass is 9.96. The summed E-state index contributed by atoms with van der Waals surface area (Å²) in [4.78, 5) is 277. The smallest absolute Gasteiger partial charge is 0.329 e. The van der Waals surface area contributed by atoms with Gasteiger partial charge in [-0.1, -0.05) is 82.7 Å². The van der Waals surface area contributed by atoms with Crippen LogP contribution in [0.15, 0.2) is 54.7 Å². The van der Waals surface area contributed by atoms with Crippen LogP contribution >= 0.6 is 0 Å². The fraction of sp³-hybridized carbons (Fsp3) is 0.541. The molecule has 117 heavy (non-hydrogen) atoms. The van der Waals surface area contributed by atoms with Crippen LogP contribution in [0.3, 0.4) is 0 Å². The van der Waals surface area contributed by atoms with Crippen molar-refractivity contribution in [3.05, 3.63) is 65.9 Å². The maximum absolute atomic E-state index is 14.9. The number of aliphatic hydroxyl groups is 1. The topological polar surface area (TPSA) is 702 Å². The number of cyclic esters (lactones) is 1. The highest BCUT2D eigenvalue weighted by atomic mass is 16.5. The lowest BCUT2D eigenvalue weighted by Gasteiger charge is -2.30. The van der Waals surface area contributed by atoms with Gasteiger partial charge in [-0.25, -0.2) is 4.79 Å². The number of hydrogen-bond donors (Lipinski definition) is 22. The molecule has 0 spiro atoms. The number of esters is 1. The van der Waals surface area contributed by atoms with E-state index in [2.05, 4.69) is 65.1 Å². The number of aromatic nitrogens is 1. The van der Waals surface area contributed by atoms with Gasteiger partial charge in [0.1, 0.15) is 72.6 Å². The molecule has 3 aromatic rings. The Labute approximate surface area is 670 Å². The molecule has 4 rings (SSSR count). The number of carbonyl (C=O) groups excluding carboxylic acids is 16. The van der Waals surface area contributed by atoms with Crippen molar-refractivity contribution >= 4 is 135 Å². The van der Waals surface area contributed by atoms with E-state index < -0.39 is 261 Å². The van der Waals surface area contributed by atoms with E-state index >= 15 is 0 Å². The van der Waals surface area contributed by atoms with E-state index in [1.54, 1.807) is 30.5 Å². The number of para-hydroxylation sites is 2. The summed E-state index contributed by atoms with van der Waals surface area (Å²) in [6, 6.07) is -10.1. The molecular weight excluding hydrogens is 1540 g/mol. The molecule has 2 heterocycles. The number of benzene rings is 2. The van der Waals surface area contributed by atoms with Gasteiger partial charge in [0.15, 0.2) is 5.78 Å². The number of carboxylic acids is 4. The van der Waals surface area contributed by atoms with Crippen molar-refractivity contribution < 1.29 is 126 Å². The van der Waals surface area contributed by atoms with E-state index in [1.165, 1.54) is 24.3 Å². The Morgan fingerprint density at radius 1 is 0.547 bits per heavy atom. The summed E-state index contributed by atoms with van der Waals surface area (Å²) in [6.45, 7) is 1.39. The number of primary amides is 1. The lowest BCUT2D eigenvalue weighted by Crippen LogP contribution is -2.61. The summed E-state index contributed by atoms with van der Waals surface area (Å²) in [6.07, 6.45) is -2.26. The van der Waals surface area contributed by atoms with Gasteiger partial charge < -0.3 is 122 Å². The van der Waals surface area contributed by atoms with Crippen molar-refractivity contribution in [3.63, 3.8) is 0 Å². The molecule has 25 N–H and O–H groups in total. The number of aliphatic hydroxyl groups excluding tert-OH is 1. The molecule has 0 bridgehead atoms. The number of nitrogens with two attached hydrogens (primary N) is 3. The summed E-state index contributed by atoms with van der Waals surface area (Å²) < 4.78 is 5.73. The van der Waals surface area contributed by atoms with E-state index in [-0.39, 0.29) is 49.9 Å². The lowest BCUT2D eigenvalue weighted by molar-refractivity contribution is -0.156. The van der Waals surface area contributed by atoms with Gasteiger partial charge in [0, 0.05) is 54.0 Å². The van der Waals surface area contributed by atoms with Gasteiger partial charge in [0.25, 0.3) is 0 Å². The third-order valence-electron chi connectivity index (χ3n) is 18.4. The van der Waals surface area contributed by atoms with Crippen LogP contribution < -0.4 is 86.3 Å². The van der Waals surface area contributed by atoms with Crippen molar-refractivity contribution in [2.24, 2.45) is 17.4 Å². The Balaban J connectivity index is 1.90. The van der Waals surface area contributed by atoms with Crippen LogP contribution in [0.4, 0.5) is 5.69 Å². The fourth-order valence-corrected chi connectivity index (χ4v) is 12.1. The Morgan fingerprint density at radius 2 is 1.11 bits per heavy atom. The zero-order valence-electron chi connectivity index (χ0n) is 65.0. The normalized spacial score (nSPS) is 21.0. The standard InChI is InChI=1S/C74H105N17O26/c1-5-6-7-8-9-10-11-23-55(95)83-47(28-40-33-78-44-21-15-13-18-41(40)44)69(111)87-48(30-54(77)94)70(112)85-46(24-25-58(98)99)67(109)91-63-39(4)117-74(116)51(29-53(93)42-19-12-14-20-43(42)76)89-73(115)62(37(2)27-59(100)101)90-71(113)52(36-92)84-57(97)34-79-65(107)49(31-60(102)103)86-64(106)38(3)81-68(110)50(32-61(104)105)88-66(108)45(22-16-17-26-75)82-56(96)35-80-72(63)114/h12-15,18-21,33,37-39,45-52,62-63,78,92H,5-11,16-17,22-32,34-36,75-76H2,1-4H3,(H2,77,94)(H,79,107)(H,80,114)(H,81,110)(H,82,96)(H,83,95)(H,84,97)(H,85,112)(H,86,106)(H,87,111)(H,88,108)(H,89,115)(H,90,113)(H,91,109)(H,98,99)(H,100,101)(H,102,103)(H,104,105). The molecule has 43 heteroatoms. The first-order chi connectivity index (χ1) is 55.4. The van der Waals surface area contributed by atoms with Gasteiger partial charge in [0.2, 0.25) is 82.7 Å². The number of ether oxygens (including phenoxy) is 1. The zero-order valence-corrected chi connectivity index (χ0v) is 65.0. The van der Waals surface area contributed by atoms with Gasteiger partial charge in [-0.05, 0) is 82.2 Å². The average molecular weight is 1650 g/mol. The molecule has 0 saturated carbocycles. The van der Waals surface area contributed by atoms with Gasteiger partial charge in [-0.2, -0.15) is 0 Å². The number of aliphatic carboxylic acids is 4. The van der Waals surface area contributed by atoms with Crippen LogP contribution in [0, 0.1) is 5.92 Å². The largest absolute Gasteiger partial charge is 0.481 e. The number of hydrogen-bond acceptors (Lipinski definition) is 24. The summed E-state index contributed by atoms with van der Waals surface area (Å²) in [5.41, 5.74) is 18.2. The van der Waals surface area contributed by atoms with Crippen molar-refractivity contribution in [1.82, 2.24) is 74.1 Å². The number of H-pyrrole nitrogens is 1. The summed E-state index contributed by atoms with van der Waals surface area (Å²) >= 11 is 0. The van der Waals surface area contributed by atoms with E-state index in [1.807, 2.05) is 16.0 Å². The predicted octanol–water partition coefficient (Wildman–Crippen LogP) is -4.84. The highest BCUT2D eigenvalue weighted by Crippen LogP contribution is 2.22. The fourth-order valence-electron chi connectivity index (χ4n) is 12.1. The van der Waals surface area contributed by atoms with Crippen LogP contribution in [0.5, 0.6) is 0 Å². The maximum atomic E-state index is 14.9. The van der Waals surface area contributed by atoms with Crippen LogP contribution in [0.1, 0.15) is 159 Å². The molecule has 13 atom stereocenters. The number of carboxylic acid groups (broad SMARTS) is 4. The van der Waals surface area contributed by atoms with Crippen molar-refractivity contribution in [1.29, 1.82) is 0 Å². The number of fused-ring (bicyclic) bond motifs is 1. The Kier molecular flexibility index (Phi) is 40.6. The molecule has 0 radical (unpaired) electrons. The number of rotatable bonds is 37. The van der Waals surface area contributed by atoms with Crippen LogP contribution in [0.2, 0.25) is 0 Å². The SMILES string of the molecule is CCCCCCCCCC(=O)NC(Cc1c[nH]c2ccccc12)C(=O)NC(CC(N)=O)C(=O)NC(CCC(=O)O)C(=O)NC1C(=O)NCC(=O)NC(CCCCN)C(=O)NC(CC(=O)O)C(=O)NC(C)C(=O)NC(CC(=O)O)C(=O)NCC(=O)NC(CO)C(=O)NC(C(C)CC(=O)O)C(=O)NC(CC(=O)c2ccccc2N)C(=O)OC1C. The third kappa shape index (κ3) is 33.7. The Bertz CT molecular complexity index is 4080. The second-order valence-electron chi connectivity index (χ2n) is 27.9. The minimum absolute atomic E-state index is 0.00989. The van der Waals surface area contributed by atoms with E-state index in [9.17, 15) is 121 Å². The molecule has 13 unspecified atom stereocenters. The minimum atomic E-state index is -2.40. The minimum Gasteiger partial charge on any atom is -0.481 e. The van der Waals surface area contributed by atoms with Gasteiger partial charge in [-0.15, -0.1) is 0 Å². The molecule has 0 aliphatic carbocycles. The number of nitrogens with one attached hydrogen (secondary N) is 14. The first-order valence-electron chi connectivity index (χ1n) is 37.8. The zero-order chi connectivity index (χ0) is 87.2. The van der Waals surface area contributed by atoms with Crippen molar-refractivity contribution in [3.8, 4) is 0 Å². The van der Waals surface area contributed by atoms with Crippen molar-refractivity contribution in [2.45, 2.75) is 222 Å². The second-order valence-corrected chi connectivity index (χ2v) is 27.9. The van der Waals surface area contributed by atoms with Gasteiger partial charge >= 0.3 is 29.8 Å². The average Bonchev–Trinajstić information content (AvgIpc) is 0.964. The molecule has 1 saturated heterocycles. The van der Waals surface area contributed by atoms with E-state index in [0.29, 0.717) is 29.3 Å². The summed E-state index contributed by atoms with van der Waals surface area (Å²) in [5.74, 6) is -29.0. The number of anilines is 1. The number of nitrogen functional groups attached to an aromatic ring is 1. The summed E-state index contributed by atoms with van der Waals surface area (Å²) in [7, 11) is 0. The molecule has 2 aromatic carbocycles. The predicted molar refractivity (Wildman–Crippen MR) is 409 cm³/mol. The summed E-state index contributed by atoms with van der Waals surface area (Å²) in [5, 5.41) is 79.0. The number of Topliss-reactive ketones (excluding diaryl/α,β-unsaturated/α-hetero) is 1. The molecule has 1 fully saturated rings.